The van der Waals surface area contributed by atoms with E-state index in [2.05, 4.69) is 10.3 Å². The molecule has 0 atom stereocenters. The first-order valence-corrected chi connectivity index (χ1v) is 8.94. The summed E-state index contributed by atoms with van der Waals surface area (Å²) in [5.41, 5.74) is 1.17. The molecule has 1 N–H and O–H groups in total. The number of hydrogen-bond acceptors (Lipinski definition) is 4. The van der Waals surface area contributed by atoms with Crippen LogP contribution in [0.1, 0.15) is 20.7 Å². The van der Waals surface area contributed by atoms with Crippen LogP contribution < -0.4 is 5.32 Å². The molecule has 1 saturated heterocycles. The number of para-hydroxylation sites is 1. The molecule has 0 aromatic heterocycles. The van der Waals surface area contributed by atoms with Crippen LogP contribution in [0.4, 0.5) is 5.69 Å². The number of aliphatic imine (C=N–C) groups is 1. The molecule has 2 aliphatic heterocycles. The van der Waals surface area contributed by atoms with E-state index in [9.17, 15) is 9.59 Å². The molecule has 0 saturated carbocycles. The standard InChI is InChI=1S/C18H14Cl2N4O3/c19-13-6-3-7-14(20)15(13)22-18-21-8-9-24(18)27-10-23-16(25)11-4-1-2-5-12(11)17(23)26/h1-7H,8-10H2,(H,21,22). The number of hydroxylamine groups is 2. The average Bonchev–Trinajstić information content (AvgIpc) is 3.20. The first kappa shape index (κ1) is 17.8. The van der Waals surface area contributed by atoms with Crippen LogP contribution >= 0.6 is 23.2 Å². The molecule has 138 valence electrons. The maximum atomic E-state index is 12.4. The topological polar surface area (TPSA) is 74.2 Å². The minimum absolute atomic E-state index is 0.219. The summed E-state index contributed by atoms with van der Waals surface area (Å²) in [5.74, 6) is -0.354. The highest BCUT2D eigenvalue weighted by Crippen LogP contribution is 2.33. The van der Waals surface area contributed by atoms with Crippen LogP contribution in [0.3, 0.4) is 0 Å². The number of guanidine groups is 1. The molecule has 2 heterocycles. The molecule has 0 radical (unpaired) electrons. The molecule has 2 amide bonds. The van der Waals surface area contributed by atoms with Crippen LogP contribution in [-0.4, -0.2) is 47.6 Å². The van der Waals surface area contributed by atoms with Crippen molar-refractivity contribution in [2.45, 2.75) is 0 Å². The summed E-state index contributed by atoms with van der Waals surface area (Å²) < 4.78 is 0. The fourth-order valence-corrected chi connectivity index (χ4v) is 3.35. The molecule has 0 unspecified atom stereocenters. The van der Waals surface area contributed by atoms with Crippen molar-refractivity contribution in [3.63, 3.8) is 0 Å². The molecular formula is C18H14Cl2N4O3. The molecule has 2 aromatic carbocycles. The first-order chi connectivity index (χ1) is 13.1. The Kier molecular flexibility index (Phi) is 4.73. The molecule has 9 heteroatoms. The van der Waals surface area contributed by atoms with Crippen LogP contribution in [0.15, 0.2) is 47.5 Å². The highest BCUT2D eigenvalue weighted by atomic mass is 35.5. The SMILES string of the molecule is O=C1c2ccccc2C(=O)N1CON1CCN/C1=N\c1c(Cl)cccc1Cl. The predicted octanol–water partition coefficient (Wildman–Crippen LogP) is 3.07. The van der Waals surface area contributed by atoms with Crippen LogP contribution in [0.2, 0.25) is 10.0 Å². The Morgan fingerprint density at radius 2 is 1.63 bits per heavy atom. The molecular weight excluding hydrogens is 391 g/mol. The van der Waals surface area contributed by atoms with Crippen molar-refractivity contribution in [2.75, 3.05) is 19.8 Å². The van der Waals surface area contributed by atoms with Gasteiger partial charge in [0.05, 0.1) is 27.7 Å². The Morgan fingerprint density at radius 3 is 2.26 bits per heavy atom. The van der Waals surface area contributed by atoms with E-state index in [0.29, 0.717) is 45.9 Å². The van der Waals surface area contributed by atoms with E-state index >= 15 is 0 Å². The van der Waals surface area contributed by atoms with Gasteiger partial charge < -0.3 is 5.32 Å². The number of rotatable bonds is 4. The Bertz CT molecular complexity index is 908. The summed E-state index contributed by atoms with van der Waals surface area (Å²) >= 11 is 12.3. The Hall–Kier alpha value is -2.61. The van der Waals surface area contributed by atoms with Gasteiger partial charge in [0.1, 0.15) is 5.69 Å². The maximum Gasteiger partial charge on any atom is 0.263 e. The van der Waals surface area contributed by atoms with Crippen molar-refractivity contribution in [1.29, 1.82) is 0 Å². The third kappa shape index (κ3) is 3.25. The Balaban J connectivity index is 1.50. The number of amides is 2. The van der Waals surface area contributed by atoms with E-state index in [1.165, 1.54) is 5.06 Å². The lowest BCUT2D eigenvalue weighted by Crippen LogP contribution is -2.38. The van der Waals surface area contributed by atoms with Crippen molar-refractivity contribution < 1.29 is 14.4 Å². The number of fused-ring (bicyclic) bond motifs is 1. The van der Waals surface area contributed by atoms with Crippen molar-refractivity contribution in [2.24, 2.45) is 4.99 Å². The number of carbonyl (C=O) groups excluding carboxylic acids is 2. The lowest BCUT2D eigenvalue weighted by molar-refractivity contribution is -0.118. The number of benzene rings is 2. The smallest absolute Gasteiger partial charge is 0.263 e. The minimum Gasteiger partial charge on any atom is -0.352 e. The van der Waals surface area contributed by atoms with Crippen LogP contribution in [-0.2, 0) is 4.84 Å². The second-order valence-electron chi connectivity index (χ2n) is 5.88. The van der Waals surface area contributed by atoms with E-state index in [0.717, 1.165) is 4.90 Å². The fraction of sp³-hybridized carbons (Fsp3) is 0.167. The predicted molar refractivity (Wildman–Crippen MR) is 101 cm³/mol. The maximum absolute atomic E-state index is 12.4. The largest absolute Gasteiger partial charge is 0.352 e. The van der Waals surface area contributed by atoms with Gasteiger partial charge in [-0.25, -0.2) is 19.8 Å². The molecule has 2 aromatic rings. The quantitative estimate of drug-likeness (QED) is 0.792. The van der Waals surface area contributed by atoms with Gasteiger partial charge in [-0.1, -0.05) is 41.4 Å². The second kappa shape index (κ2) is 7.19. The zero-order chi connectivity index (χ0) is 19.0. The van der Waals surface area contributed by atoms with Gasteiger partial charge in [0.2, 0.25) is 5.96 Å². The van der Waals surface area contributed by atoms with Crippen molar-refractivity contribution in [1.82, 2.24) is 15.3 Å². The zero-order valence-corrected chi connectivity index (χ0v) is 15.5. The number of carbonyl (C=O) groups is 2. The molecule has 0 bridgehead atoms. The van der Waals surface area contributed by atoms with E-state index in [-0.39, 0.29) is 18.5 Å². The van der Waals surface area contributed by atoms with Gasteiger partial charge in [0, 0.05) is 6.54 Å². The zero-order valence-electron chi connectivity index (χ0n) is 14.0. The molecule has 4 rings (SSSR count). The lowest BCUT2D eigenvalue weighted by Gasteiger charge is -2.21. The van der Waals surface area contributed by atoms with Gasteiger partial charge in [-0.05, 0) is 24.3 Å². The number of imide groups is 1. The number of nitrogens with zero attached hydrogens (tertiary/aromatic N) is 3. The van der Waals surface area contributed by atoms with Gasteiger partial charge in [0.15, 0.2) is 6.73 Å². The summed E-state index contributed by atoms with van der Waals surface area (Å²) in [6.07, 6.45) is 0. The van der Waals surface area contributed by atoms with Crippen LogP contribution in [0, 0.1) is 0 Å². The van der Waals surface area contributed by atoms with E-state index in [4.69, 9.17) is 28.0 Å². The third-order valence-electron chi connectivity index (χ3n) is 4.21. The molecule has 1 fully saturated rings. The number of halogens is 2. The molecule has 2 aliphatic rings. The van der Waals surface area contributed by atoms with Crippen LogP contribution in [0.5, 0.6) is 0 Å². The van der Waals surface area contributed by atoms with Gasteiger partial charge in [0.25, 0.3) is 11.8 Å². The van der Waals surface area contributed by atoms with E-state index in [1.807, 2.05) is 0 Å². The summed E-state index contributed by atoms with van der Waals surface area (Å²) in [6, 6.07) is 11.8. The number of hydrogen-bond donors (Lipinski definition) is 1. The highest BCUT2D eigenvalue weighted by molar-refractivity contribution is 6.38. The van der Waals surface area contributed by atoms with Crippen molar-refractivity contribution >= 4 is 46.7 Å². The van der Waals surface area contributed by atoms with Gasteiger partial charge in [-0.15, -0.1) is 0 Å². The number of nitrogens with one attached hydrogen (secondary N) is 1. The Morgan fingerprint density at radius 1 is 1.00 bits per heavy atom. The molecule has 0 spiro atoms. The van der Waals surface area contributed by atoms with Crippen molar-refractivity contribution in [3.05, 3.63) is 63.6 Å². The van der Waals surface area contributed by atoms with E-state index in [1.54, 1.807) is 42.5 Å². The average molecular weight is 405 g/mol. The molecule has 0 aliphatic carbocycles. The van der Waals surface area contributed by atoms with Gasteiger partial charge in [-0.3, -0.25) is 9.59 Å². The lowest BCUT2D eigenvalue weighted by atomic mass is 10.1. The minimum atomic E-state index is -0.379. The fourth-order valence-electron chi connectivity index (χ4n) is 2.87. The third-order valence-corrected chi connectivity index (χ3v) is 4.82. The summed E-state index contributed by atoms with van der Waals surface area (Å²) in [5, 5.41) is 5.36. The summed E-state index contributed by atoms with van der Waals surface area (Å²) in [6.45, 7) is 0.858. The highest BCUT2D eigenvalue weighted by Gasteiger charge is 2.36. The van der Waals surface area contributed by atoms with Gasteiger partial charge >= 0.3 is 0 Å². The monoisotopic (exact) mass is 404 g/mol. The van der Waals surface area contributed by atoms with Crippen LogP contribution in [0.25, 0.3) is 0 Å². The van der Waals surface area contributed by atoms with Gasteiger partial charge in [-0.2, -0.15) is 0 Å². The summed E-state index contributed by atoms with van der Waals surface area (Å²) in [7, 11) is 0. The normalized spacial score (nSPS) is 17.6. The van der Waals surface area contributed by atoms with E-state index < -0.39 is 0 Å². The molecule has 7 nitrogen and oxygen atoms in total. The summed E-state index contributed by atoms with van der Waals surface area (Å²) in [4.78, 5) is 35.9. The first-order valence-electron chi connectivity index (χ1n) is 8.18. The Labute approximate surface area is 165 Å². The molecule has 27 heavy (non-hydrogen) atoms. The van der Waals surface area contributed by atoms with Crippen molar-refractivity contribution in [3.8, 4) is 0 Å². The second-order valence-corrected chi connectivity index (χ2v) is 6.69.